The first-order chi connectivity index (χ1) is 9.10. The minimum Gasteiger partial charge on any atom is -0.497 e. The van der Waals surface area contributed by atoms with Crippen molar-refractivity contribution in [2.24, 2.45) is 0 Å². The average molecular weight is 320 g/mol. The molecule has 0 spiro atoms. The number of ether oxygens (including phenoxy) is 1. The van der Waals surface area contributed by atoms with Gasteiger partial charge in [0.2, 0.25) is 0 Å². The lowest BCUT2D eigenvalue weighted by Gasteiger charge is -2.07. The van der Waals surface area contributed by atoms with Crippen LogP contribution < -0.4 is 10.1 Å². The summed E-state index contributed by atoms with van der Waals surface area (Å²) in [6, 6.07) is 12.8. The third-order valence-electron chi connectivity index (χ3n) is 2.78. The highest BCUT2D eigenvalue weighted by Gasteiger charge is 2.07. The zero-order valence-corrected chi connectivity index (χ0v) is 12.3. The molecule has 0 bridgehead atoms. The fourth-order valence-electron chi connectivity index (χ4n) is 1.61. The van der Waals surface area contributed by atoms with Crippen molar-refractivity contribution in [2.75, 3.05) is 12.4 Å². The standard InChI is InChI=1S/C15H14BrNO2/c1-10-3-4-11(9-14(10)16)15(18)17-12-5-7-13(19-2)8-6-12/h3-9H,1-2H3,(H,17,18). The van der Waals surface area contributed by atoms with Crippen molar-refractivity contribution in [3.05, 3.63) is 58.1 Å². The molecule has 4 heteroatoms. The minimum absolute atomic E-state index is 0.133. The van der Waals surface area contributed by atoms with E-state index in [0.717, 1.165) is 21.5 Å². The molecule has 0 saturated carbocycles. The molecule has 1 amide bonds. The van der Waals surface area contributed by atoms with Gasteiger partial charge in [-0.15, -0.1) is 0 Å². The SMILES string of the molecule is COc1ccc(NC(=O)c2ccc(C)c(Br)c2)cc1. The predicted molar refractivity (Wildman–Crippen MR) is 79.8 cm³/mol. The fraction of sp³-hybridized carbons (Fsp3) is 0.133. The molecule has 3 nitrogen and oxygen atoms in total. The van der Waals surface area contributed by atoms with E-state index in [1.807, 2.05) is 19.1 Å². The molecule has 2 rings (SSSR count). The van der Waals surface area contributed by atoms with Crippen molar-refractivity contribution in [2.45, 2.75) is 6.92 Å². The van der Waals surface area contributed by atoms with E-state index in [2.05, 4.69) is 21.2 Å². The van der Waals surface area contributed by atoms with Gasteiger partial charge in [0.15, 0.2) is 0 Å². The Bertz CT molecular complexity index is 594. The van der Waals surface area contributed by atoms with Gasteiger partial charge in [-0.2, -0.15) is 0 Å². The number of carbonyl (C=O) groups excluding carboxylic acids is 1. The summed E-state index contributed by atoms with van der Waals surface area (Å²) in [5.74, 6) is 0.627. The smallest absolute Gasteiger partial charge is 0.255 e. The number of methoxy groups -OCH3 is 1. The summed E-state index contributed by atoms with van der Waals surface area (Å²) in [4.78, 5) is 12.1. The fourth-order valence-corrected chi connectivity index (χ4v) is 1.99. The second kappa shape index (κ2) is 5.89. The summed E-state index contributed by atoms with van der Waals surface area (Å²) in [7, 11) is 1.61. The van der Waals surface area contributed by atoms with E-state index in [-0.39, 0.29) is 5.91 Å². The Hall–Kier alpha value is -1.81. The third kappa shape index (κ3) is 3.35. The van der Waals surface area contributed by atoms with Crippen LogP contribution in [0.3, 0.4) is 0 Å². The number of anilines is 1. The Balaban J connectivity index is 2.13. The maximum Gasteiger partial charge on any atom is 0.255 e. The number of hydrogen-bond donors (Lipinski definition) is 1. The zero-order valence-electron chi connectivity index (χ0n) is 10.7. The molecular formula is C15H14BrNO2. The van der Waals surface area contributed by atoms with Crippen LogP contribution in [0.5, 0.6) is 5.75 Å². The molecule has 0 radical (unpaired) electrons. The first-order valence-corrected chi connectivity index (χ1v) is 6.61. The van der Waals surface area contributed by atoms with Crippen LogP contribution in [0.25, 0.3) is 0 Å². The van der Waals surface area contributed by atoms with Gasteiger partial charge in [0.1, 0.15) is 5.75 Å². The van der Waals surface area contributed by atoms with E-state index < -0.39 is 0 Å². The summed E-state index contributed by atoms with van der Waals surface area (Å²) in [5, 5.41) is 2.84. The maximum absolute atomic E-state index is 12.1. The van der Waals surface area contributed by atoms with Gasteiger partial charge in [-0.25, -0.2) is 0 Å². The lowest BCUT2D eigenvalue weighted by atomic mass is 10.1. The molecule has 0 aliphatic heterocycles. The van der Waals surface area contributed by atoms with E-state index in [1.54, 1.807) is 37.4 Å². The van der Waals surface area contributed by atoms with Crippen molar-refractivity contribution < 1.29 is 9.53 Å². The first-order valence-electron chi connectivity index (χ1n) is 5.81. The number of hydrogen-bond acceptors (Lipinski definition) is 2. The first kappa shape index (κ1) is 13.6. The van der Waals surface area contributed by atoms with Crippen LogP contribution in [0.2, 0.25) is 0 Å². The molecule has 2 aromatic rings. The van der Waals surface area contributed by atoms with Crippen LogP contribution >= 0.6 is 15.9 Å². The lowest BCUT2D eigenvalue weighted by Crippen LogP contribution is -2.11. The molecule has 0 aliphatic carbocycles. The summed E-state index contributed by atoms with van der Waals surface area (Å²) in [6.45, 7) is 1.98. The van der Waals surface area contributed by atoms with Crippen LogP contribution in [-0.4, -0.2) is 13.0 Å². The van der Waals surface area contributed by atoms with Gasteiger partial charge in [0.25, 0.3) is 5.91 Å². The van der Waals surface area contributed by atoms with Crippen molar-refractivity contribution in [3.63, 3.8) is 0 Å². The van der Waals surface area contributed by atoms with Crippen LogP contribution in [0.1, 0.15) is 15.9 Å². The van der Waals surface area contributed by atoms with Crippen LogP contribution in [0.15, 0.2) is 46.9 Å². The third-order valence-corrected chi connectivity index (χ3v) is 3.64. The highest BCUT2D eigenvalue weighted by Crippen LogP contribution is 2.19. The summed E-state index contributed by atoms with van der Waals surface area (Å²) >= 11 is 3.42. The van der Waals surface area contributed by atoms with Gasteiger partial charge in [0, 0.05) is 15.7 Å². The molecule has 0 atom stereocenters. The maximum atomic E-state index is 12.1. The largest absolute Gasteiger partial charge is 0.497 e. The average Bonchev–Trinajstić information content (AvgIpc) is 2.42. The van der Waals surface area contributed by atoms with E-state index in [1.165, 1.54) is 0 Å². The Kier molecular flexibility index (Phi) is 4.22. The Morgan fingerprint density at radius 2 is 1.84 bits per heavy atom. The molecule has 2 aromatic carbocycles. The van der Waals surface area contributed by atoms with E-state index in [4.69, 9.17) is 4.74 Å². The molecule has 0 saturated heterocycles. The Labute approximate surface area is 120 Å². The molecule has 1 N–H and O–H groups in total. The van der Waals surface area contributed by atoms with E-state index in [0.29, 0.717) is 5.56 Å². The summed E-state index contributed by atoms with van der Waals surface area (Å²) < 4.78 is 5.99. The van der Waals surface area contributed by atoms with Gasteiger partial charge in [-0.3, -0.25) is 4.79 Å². The predicted octanol–water partition coefficient (Wildman–Crippen LogP) is 4.02. The number of nitrogens with one attached hydrogen (secondary N) is 1. The molecule has 0 aliphatic rings. The van der Waals surface area contributed by atoms with Crippen LogP contribution in [0, 0.1) is 6.92 Å². The van der Waals surface area contributed by atoms with Gasteiger partial charge >= 0.3 is 0 Å². The highest BCUT2D eigenvalue weighted by molar-refractivity contribution is 9.10. The van der Waals surface area contributed by atoms with Crippen molar-refractivity contribution in [3.8, 4) is 5.75 Å². The Morgan fingerprint density at radius 1 is 1.16 bits per heavy atom. The number of amides is 1. The second-order valence-corrected chi connectivity index (χ2v) is 5.00. The van der Waals surface area contributed by atoms with Crippen molar-refractivity contribution >= 4 is 27.5 Å². The van der Waals surface area contributed by atoms with Crippen molar-refractivity contribution in [1.29, 1.82) is 0 Å². The summed E-state index contributed by atoms with van der Waals surface area (Å²) in [6.07, 6.45) is 0. The number of carbonyl (C=O) groups is 1. The number of rotatable bonds is 3. The normalized spacial score (nSPS) is 10.1. The van der Waals surface area contributed by atoms with Crippen LogP contribution in [0.4, 0.5) is 5.69 Å². The molecule has 98 valence electrons. The van der Waals surface area contributed by atoms with Gasteiger partial charge in [-0.1, -0.05) is 22.0 Å². The highest BCUT2D eigenvalue weighted by atomic mass is 79.9. The van der Waals surface area contributed by atoms with Gasteiger partial charge < -0.3 is 10.1 Å². The molecule has 0 unspecified atom stereocenters. The molecule has 0 fully saturated rings. The van der Waals surface area contributed by atoms with Gasteiger partial charge in [0.05, 0.1) is 7.11 Å². The minimum atomic E-state index is -0.133. The second-order valence-electron chi connectivity index (χ2n) is 4.15. The van der Waals surface area contributed by atoms with Crippen LogP contribution in [-0.2, 0) is 0 Å². The molecule has 0 heterocycles. The summed E-state index contributed by atoms with van der Waals surface area (Å²) in [5.41, 5.74) is 2.46. The molecule has 0 aromatic heterocycles. The lowest BCUT2D eigenvalue weighted by molar-refractivity contribution is 0.102. The topological polar surface area (TPSA) is 38.3 Å². The quantitative estimate of drug-likeness (QED) is 0.928. The molecule has 19 heavy (non-hydrogen) atoms. The number of benzene rings is 2. The Morgan fingerprint density at radius 3 is 2.42 bits per heavy atom. The van der Waals surface area contributed by atoms with Gasteiger partial charge in [-0.05, 0) is 48.9 Å². The molecular weight excluding hydrogens is 306 g/mol. The van der Waals surface area contributed by atoms with E-state index in [9.17, 15) is 4.79 Å². The zero-order chi connectivity index (χ0) is 13.8. The van der Waals surface area contributed by atoms with E-state index >= 15 is 0 Å². The van der Waals surface area contributed by atoms with Crippen molar-refractivity contribution in [1.82, 2.24) is 0 Å². The monoisotopic (exact) mass is 319 g/mol. The number of aryl methyl sites for hydroxylation is 1. The number of halogens is 1.